The molecule has 29 heavy (non-hydrogen) atoms. The number of benzene rings is 1. The standard InChI is InChI=1S/C22H26N4O2S/c1-15-14-26(17(3)27)16(2)13-25(15)12-10-18-6-8-19(9-7-18)28-22-24-20-5-4-11-23-21(20)29-22/h4-9,11,15-16H,10,12-14H2,1-3H3/t15-,16-/m0/s1. The van der Waals surface area contributed by atoms with Crippen LogP contribution in [0.3, 0.4) is 0 Å². The van der Waals surface area contributed by atoms with Crippen molar-refractivity contribution in [1.29, 1.82) is 0 Å². The zero-order valence-corrected chi connectivity index (χ0v) is 17.9. The van der Waals surface area contributed by atoms with Gasteiger partial charge in [0, 0.05) is 44.8 Å². The third kappa shape index (κ3) is 4.57. The van der Waals surface area contributed by atoms with E-state index in [-0.39, 0.29) is 11.9 Å². The Kier molecular flexibility index (Phi) is 5.78. The third-order valence-electron chi connectivity index (χ3n) is 5.48. The molecule has 1 aliphatic rings. The molecule has 0 N–H and O–H groups in total. The molecule has 2 aromatic heterocycles. The van der Waals surface area contributed by atoms with E-state index in [0.29, 0.717) is 11.2 Å². The molecule has 6 nitrogen and oxygen atoms in total. The summed E-state index contributed by atoms with van der Waals surface area (Å²) in [6, 6.07) is 12.7. The van der Waals surface area contributed by atoms with Crippen LogP contribution in [0.1, 0.15) is 26.3 Å². The number of carbonyl (C=O) groups is 1. The lowest BCUT2D eigenvalue weighted by Crippen LogP contribution is -2.57. The molecular weight excluding hydrogens is 384 g/mol. The Hall–Kier alpha value is -2.51. The summed E-state index contributed by atoms with van der Waals surface area (Å²) in [7, 11) is 0. The first-order chi connectivity index (χ1) is 14.0. The maximum atomic E-state index is 11.7. The van der Waals surface area contributed by atoms with Crippen LogP contribution < -0.4 is 4.74 Å². The number of nitrogens with zero attached hydrogens (tertiary/aromatic N) is 4. The quantitative estimate of drug-likeness (QED) is 0.637. The topological polar surface area (TPSA) is 58.6 Å². The van der Waals surface area contributed by atoms with E-state index < -0.39 is 0 Å². The van der Waals surface area contributed by atoms with Gasteiger partial charge in [-0.2, -0.15) is 0 Å². The highest BCUT2D eigenvalue weighted by Gasteiger charge is 2.29. The Morgan fingerprint density at radius 1 is 1.17 bits per heavy atom. The van der Waals surface area contributed by atoms with Crippen LogP contribution in [-0.2, 0) is 11.2 Å². The summed E-state index contributed by atoms with van der Waals surface area (Å²) >= 11 is 1.45. The summed E-state index contributed by atoms with van der Waals surface area (Å²) in [4.78, 5) is 25.8. The minimum Gasteiger partial charge on any atom is -0.431 e. The SMILES string of the molecule is CC(=O)N1C[C@H](C)N(CCc2ccc(Oc3nc4cccnc4s3)cc2)C[C@@H]1C. The number of pyridine rings is 1. The number of amides is 1. The lowest BCUT2D eigenvalue weighted by atomic mass is 10.1. The number of aromatic nitrogens is 2. The molecular formula is C22H26N4O2S. The van der Waals surface area contributed by atoms with Gasteiger partial charge in [0.25, 0.3) is 5.19 Å². The van der Waals surface area contributed by atoms with Crippen molar-refractivity contribution in [3.8, 4) is 10.9 Å². The molecule has 0 aliphatic carbocycles. The van der Waals surface area contributed by atoms with E-state index in [1.807, 2.05) is 29.2 Å². The summed E-state index contributed by atoms with van der Waals surface area (Å²) in [5.74, 6) is 0.952. The van der Waals surface area contributed by atoms with Gasteiger partial charge in [-0.25, -0.2) is 9.97 Å². The molecule has 1 aromatic carbocycles. The van der Waals surface area contributed by atoms with Crippen molar-refractivity contribution < 1.29 is 9.53 Å². The first-order valence-corrected chi connectivity index (χ1v) is 10.8. The molecule has 7 heteroatoms. The molecule has 0 radical (unpaired) electrons. The minimum absolute atomic E-state index is 0.170. The molecule has 152 valence electrons. The molecule has 0 saturated carbocycles. The van der Waals surface area contributed by atoms with E-state index in [1.54, 1.807) is 13.1 Å². The van der Waals surface area contributed by atoms with Crippen molar-refractivity contribution in [3.63, 3.8) is 0 Å². The maximum Gasteiger partial charge on any atom is 0.281 e. The Morgan fingerprint density at radius 2 is 1.97 bits per heavy atom. The molecule has 4 rings (SSSR count). The van der Waals surface area contributed by atoms with Crippen molar-refractivity contribution in [3.05, 3.63) is 48.2 Å². The molecule has 0 spiro atoms. The van der Waals surface area contributed by atoms with E-state index in [2.05, 4.69) is 40.8 Å². The molecule has 1 fully saturated rings. The molecule has 1 amide bonds. The number of piperazine rings is 1. The Morgan fingerprint density at radius 3 is 2.69 bits per heavy atom. The largest absolute Gasteiger partial charge is 0.431 e. The fourth-order valence-corrected chi connectivity index (χ4v) is 4.62. The summed E-state index contributed by atoms with van der Waals surface area (Å²) < 4.78 is 5.90. The Bertz CT molecular complexity index is 955. The fraction of sp³-hybridized carbons (Fsp3) is 0.409. The highest BCUT2D eigenvalue weighted by atomic mass is 32.1. The second-order valence-electron chi connectivity index (χ2n) is 7.67. The second-order valence-corrected chi connectivity index (χ2v) is 8.61. The predicted octanol–water partition coefficient (Wildman–Crippen LogP) is 3.97. The van der Waals surface area contributed by atoms with E-state index in [0.717, 1.165) is 42.2 Å². The van der Waals surface area contributed by atoms with Gasteiger partial charge in [0.2, 0.25) is 5.91 Å². The molecule has 0 unspecified atom stereocenters. The van der Waals surface area contributed by atoms with Gasteiger partial charge in [-0.1, -0.05) is 23.5 Å². The highest BCUT2D eigenvalue weighted by molar-refractivity contribution is 7.19. The van der Waals surface area contributed by atoms with Gasteiger partial charge in [-0.3, -0.25) is 9.69 Å². The van der Waals surface area contributed by atoms with Gasteiger partial charge in [0.05, 0.1) is 0 Å². The number of hydrogen-bond acceptors (Lipinski definition) is 6. The van der Waals surface area contributed by atoms with E-state index in [4.69, 9.17) is 4.74 Å². The maximum absolute atomic E-state index is 11.7. The van der Waals surface area contributed by atoms with Crippen molar-refractivity contribution in [2.24, 2.45) is 0 Å². The molecule has 1 aliphatic heterocycles. The van der Waals surface area contributed by atoms with Crippen LogP contribution in [0.25, 0.3) is 10.3 Å². The molecule has 3 heterocycles. The van der Waals surface area contributed by atoms with Crippen molar-refractivity contribution in [2.75, 3.05) is 19.6 Å². The molecule has 1 saturated heterocycles. The molecule has 2 atom stereocenters. The number of thiazole rings is 1. The zero-order chi connectivity index (χ0) is 20.4. The number of rotatable bonds is 5. The van der Waals surface area contributed by atoms with Crippen LogP contribution in [0, 0.1) is 0 Å². The van der Waals surface area contributed by atoms with Crippen molar-refractivity contribution in [1.82, 2.24) is 19.8 Å². The first kappa shape index (κ1) is 19.8. The van der Waals surface area contributed by atoms with Gasteiger partial charge in [0.1, 0.15) is 16.1 Å². The number of fused-ring (bicyclic) bond motifs is 1. The Labute approximate surface area is 175 Å². The van der Waals surface area contributed by atoms with Crippen LogP contribution in [0.15, 0.2) is 42.6 Å². The molecule has 0 bridgehead atoms. The lowest BCUT2D eigenvalue weighted by molar-refractivity contribution is -0.134. The van der Waals surface area contributed by atoms with E-state index in [1.165, 1.54) is 16.9 Å². The number of carbonyl (C=O) groups excluding carboxylic acids is 1. The molecule has 3 aromatic rings. The summed E-state index contributed by atoms with van der Waals surface area (Å²) in [5, 5.41) is 0.609. The van der Waals surface area contributed by atoms with Crippen molar-refractivity contribution >= 4 is 27.6 Å². The average molecular weight is 411 g/mol. The third-order valence-corrected chi connectivity index (χ3v) is 6.34. The van der Waals surface area contributed by atoms with E-state index >= 15 is 0 Å². The van der Waals surface area contributed by atoms with Crippen LogP contribution in [0.4, 0.5) is 0 Å². The second kappa shape index (κ2) is 8.47. The van der Waals surface area contributed by atoms with Crippen molar-refractivity contribution in [2.45, 2.75) is 39.3 Å². The smallest absolute Gasteiger partial charge is 0.281 e. The summed E-state index contributed by atoms with van der Waals surface area (Å²) in [6.45, 7) is 8.71. The lowest BCUT2D eigenvalue weighted by Gasteiger charge is -2.43. The zero-order valence-electron chi connectivity index (χ0n) is 17.0. The normalized spacial score (nSPS) is 20.2. The monoisotopic (exact) mass is 410 g/mol. The number of hydrogen-bond donors (Lipinski definition) is 0. The summed E-state index contributed by atoms with van der Waals surface area (Å²) in [6.07, 6.45) is 2.74. The fourth-order valence-electron chi connectivity index (χ4n) is 3.84. The number of ether oxygens (including phenoxy) is 1. The van der Waals surface area contributed by atoms with Crippen LogP contribution in [0.2, 0.25) is 0 Å². The highest BCUT2D eigenvalue weighted by Crippen LogP contribution is 2.30. The van der Waals surface area contributed by atoms with Gasteiger partial charge < -0.3 is 9.64 Å². The van der Waals surface area contributed by atoms with Crippen LogP contribution >= 0.6 is 11.3 Å². The van der Waals surface area contributed by atoms with Crippen LogP contribution in [0.5, 0.6) is 10.9 Å². The first-order valence-electron chi connectivity index (χ1n) is 9.99. The average Bonchev–Trinajstić information content (AvgIpc) is 3.11. The summed E-state index contributed by atoms with van der Waals surface area (Å²) in [5.41, 5.74) is 2.13. The van der Waals surface area contributed by atoms with Gasteiger partial charge in [-0.05, 0) is 50.1 Å². The van der Waals surface area contributed by atoms with E-state index in [9.17, 15) is 4.79 Å². The van der Waals surface area contributed by atoms with Gasteiger partial charge in [0.15, 0.2) is 0 Å². The van der Waals surface area contributed by atoms with Gasteiger partial charge >= 0.3 is 0 Å². The Balaban J connectivity index is 1.33. The predicted molar refractivity (Wildman–Crippen MR) is 116 cm³/mol. The van der Waals surface area contributed by atoms with Crippen LogP contribution in [-0.4, -0.2) is 57.4 Å². The van der Waals surface area contributed by atoms with Gasteiger partial charge in [-0.15, -0.1) is 0 Å². The minimum atomic E-state index is 0.170.